The van der Waals surface area contributed by atoms with E-state index in [4.69, 9.17) is 10.5 Å². The lowest BCUT2D eigenvalue weighted by Crippen LogP contribution is -2.40. The second kappa shape index (κ2) is 7.56. The van der Waals surface area contributed by atoms with Gasteiger partial charge in [0.15, 0.2) is 0 Å². The number of likely N-dealkylation sites (tertiary alicyclic amines) is 1. The highest BCUT2D eigenvalue weighted by molar-refractivity contribution is 5.96. The third-order valence-corrected chi connectivity index (χ3v) is 5.88. The number of rotatable bonds is 4. The van der Waals surface area contributed by atoms with Gasteiger partial charge in [0, 0.05) is 25.3 Å². The molecule has 2 atom stereocenters. The van der Waals surface area contributed by atoms with Crippen LogP contribution in [0.3, 0.4) is 0 Å². The minimum absolute atomic E-state index is 0.0382. The standard InChI is InChI=1S/C20H28N2O3/c1-13-4-3-5-16(14(13)2)20(24)22-9-6-15(7-10-22)12-18-17(19(21)23)8-11-25-18/h3-5,15,17-18H,6-12H2,1-2H3,(H2,21,23)/t17-,18-/m1/s1. The Morgan fingerprint density at radius 1 is 1.20 bits per heavy atom. The second-order valence-corrected chi connectivity index (χ2v) is 7.43. The van der Waals surface area contributed by atoms with E-state index < -0.39 is 0 Å². The number of benzene rings is 1. The second-order valence-electron chi connectivity index (χ2n) is 7.43. The first-order valence-corrected chi connectivity index (χ1v) is 9.23. The van der Waals surface area contributed by atoms with Crippen LogP contribution in [0.2, 0.25) is 0 Å². The lowest BCUT2D eigenvalue weighted by molar-refractivity contribution is -0.123. The highest BCUT2D eigenvalue weighted by Gasteiger charge is 2.35. The van der Waals surface area contributed by atoms with Crippen LogP contribution >= 0.6 is 0 Å². The van der Waals surface area contributed by atoms with Crippen molar-refractivity contribution in [2.45, 2.75) is 45.6 Å². The van der Waals surface area contributed by atoms with Crippen molar-refractivity contribution in [1.29, 1.82) is 0 Å². The summed E-state index contributed by atoms with van der Waals surface area (Å²) in [5.41, 5.74) is 8.50. The molecule has 1 aromatic carbocycles. The average molecular weight is 344 g/mol. The summed E-state index contributed by atoms with van der Waals surface area (Å²) in [5.74, 6) is 0.235. The molecule has 2 fully saturated rings. The predicted octanol–water partition coefficient (Wildman–Crippen LogP) is 2.44. The van der Waals surface area contributed by atoms with Gasteiger partial charge in [-0.25, -0.2) is 0 Å². The molecular formula is C20H28N2O3. The molecule has 0 aliphatic carbocycles. The molecule has 2 aliphatic heterocycles. The molecule has 3 rings (SSSR count). The van der Waals surface area contributed by atoms with E-state index in [-0.39, 0.29) is 23.8 Å². The largest absolute Gasteiger partial charge is 0.377 e. The molecule has 0 aromatic heterocycles. The number of carbonyl (C=O) groups is 2. The Hall–Kier alpha value is -1.88. The van der Waals surface area contributed by atoms with E-state index in [9.17, 15) is 9.59 Å². The third-order valence-electron chi connectivity index (χ3n) is 5.88. The molecule has 0 spiro atoms. The number of piperidine rings is 1. The fourth-order valence-electron chi connectivity index (χ4n) is 4.06. The zero-order valence-electron chi connectivity index (χ0n) is 15.2. The maximum Gasteiger partial charge on any atom is 0.254 e. The summed E-state index contributed by atoms with van der Waals surface area (Å²) in [6.07, 6.45) is 3.50. The van der Waals surface area contributed by atoms with E-state index in [1.54, 1.807) is 0 Å². The van der Waals surface area contributed by atoms with Crippen LogP contribution in [0.5, 0.6) is 0 Å². The van der Waals surface area contributed by atoms with E-state index in [0.29, 0.717) is 12.5 Å². The van der Waals surface area contributed by atoms with Gasteiger partial charge in [-0.2, -0.15) is 0 Å². The van der Waals surface area contributed by atoms with Crippen molar-refractivity contribution in [3.8, 4) is 0 Å². The van der Waals surface area contributed by atoms with Crippen molar-refractivity contribution in [3.05, 3.63) is 34.9 Å². The molecule has 5 heteroatoms. The first-order chi connectivity index (χ1) is 12.0. The molecule has 136 valence electrons. The van der Waals surface area contributed by atoms with Crippen LogP contribution < -0.4 is 5.73 Å². The number of ether oxygens (including phenoxy) is 1. The molecule has 1 aromatic rings. The Balaban J connectivity index is 1.56. The van der Waals surface area contributed by atoms with Gasteiger partial charge in [0.1, 0.15) is 0 Å². The monoisotopic (exact) mass is 344 g/mol. The summed E-state index contributed by atoms with van der Waals surface area (Å²) in [5, 5.41) is 0. The van der Waals surface area contributed by atoms with Crippen LogP contribution in [0.25, 0.3) is 0 Å². The van der Waals surface area contributed by atoms with Crippen LogP contribution in [-0.2, 0) is 9.53 Å². The molecule has 2 N–H and O–H groups in total. The first-order valence-electron chi connectivity index (χ1n) is 9.23. The van der Waals surface area contributed by atoms with Crippen molar-refractivity contribution in [1.82, 2.24) is 4.90 Å². The Labute approximate surface area is 149 Å². The summed E-state index contributed by atoms with van der Waals surface area (Å²) in [6.45, 7) is 6.21. The summed E-state index contributed by atoms with van der Waals surface area (Å²) in [6, 6.07) is 5.90. The van der Waals surface area contributed by atoms with Gasteiger partial charge in [-0.15, -0.1) is 0 Å². The summed E-state index contributed by atoms with van der Waals surface area (Å²) >= 11 is 0. The smallest absolute Gasteiger partial charge is 0.254 e. The van der Waals surface area contributed by atoms with E-state index in [1.807, 2.05) is 36.9 Å². The van der Waals surface area contributed by atoms with Gasteiger partial charge in [-0.05, 0) is 62.6 Å². The fourth-order valence-corrected chi connectivity index (χ4v) is 4.06. The predicted molar refractivity (Wildman–Crippen MR) is 96.2 cm³/mol. The molecule has 2 amide bonds. The topological polar surface area (TPSA) is 72.6 Å². The molecule has 0 saturated carbocycles. The van der Waals surface area contributed by atoms with Crippen LogP contribution in [0.1, 0.15) is 47.2 Å². The van der Waals surface area contributed by atoms with Gasteiger partial charge in [-0.1, -0.05) is 12.1 Å². The molecule has 0 radical (unpaired) electrons. The molecule has 2 saturated heterocycles. The zero-order chi connectivity index (χ0) is 18.0. The Bertz CT molecular complexity index is 650. The van der Waals surface area contributed by atoms with Crippen molar-refractivity contribution in [3.63, 3.8) is 0 Å². The van der Waals surface area contributed by atoms with Gasteiger partial charge in [0.05, 0.1) is 12.0 Å². The fraction of sp³-hybridized carbons (Fsp3) is 0.600. The van der Waals surface area contributed by atoms with Crippen LogP contribution in [0.15, 0.2) is 18.2 Å². The number of amides is 2. The normalized spacial score (nSPS) is 24.5. The van der Waals surface area contributed by atoms with Crippen molar-refractivity contribution in [2.75, 3.05) is 19.7 Å². The number of carbonyl (C=O) groups excluding carboxylic acids is 2. The van der Waals surface area contributed by atoms with Gasteiger partial charge in [0.2, 0.25) is 5.91 Å². The number of nitrogens with zero attached hydrogens (tertiary/aromatic N) is 1. The Morgan fingerprint density at radius 2 is 1.92 bits per heavy atom. The zero-order valence-corrected chi connectivity index (χ0v) is 15.2. The molecule has 2 aliphatic rings. The number of hydrogen-bond acceptors (Lipinski definition) is 3. The van der Waals surface area contributed by atoms with Crippen molar-refractivity contribution in [2.24, 2.45) is 17.6 Å². The highest BCUT2D eigenvalue weighted by atomic mass is 16.5. The minimum Gasteiger partial charge on any atom is -0.377 e. The molecule has 0 unspecified atom stereocenters. The van der Waals surface area contributed by atoms with Gasteiger partial charge >= 0.3 is 0 Å². The van der Waals surface area contributed by atoms with Crippen LogP contribution in [-0.4, -0.2) is 42.5 Å². The number of aryl methyl sites for hydroxylation is 1. The summed E-state index contributed by atoms with van der Waals surface area (Å²) < 4.78 is 5.72. The Morgan fingerprint density at radius 3 is 2.60 bits per heavy atom. The SMILES string of the molecule is Cc1cccc(C(=O)N2CCC(C[C@H]3OCC[C@H]3C(N)=O)CC2)c1C. The average Bonchev–Trinajstić information content (AvgIpc) is 3.06. The van der Waals surface area contributed by atoms with Gasteiger partial charge in [0.25, 0.3) is 5.91 Å². The van der Waals surface area contributed by atoms with Gasteiger partial charge < -0.3 is 15.4 Å². The minimum atomic E-state index is -0.245. The first kappa shape index (κ1) is 17.9. The van der Waals surface area contributed by atoms with Gasteiger partial charge in [-0.3, -0.25) is 9.59 Å². The van der Waals surface area contributed by atoms with E-state index in [0.717, 1.165) is 55.5 Å². The van der Waals surface area contributed by atoms with Crippen LogP contribution in [0.4, 0.5) is 0 Å². The van der Waals surface area contributed by atoms with E-state index in [2.05, 4.69) is 0 Å². The quantitative estimate of drug-likeness (QED) is 0.912. The Kier molecular flexibility index (Phi) is 5.42. The lowest BCUT2D eigenvalue weighted by atomic mass is 9.86. The summed E-state index contributed by atoms with van der Waals surface area (Å²) in [4.78, 5) is 26.3. The maximum absolute atomic E-state index is 12.8. The van der Waals surface area contributed by atoms with E-state index >= 15 is 0 Å². The highest BCUT2D eigenvalue weighted by Crippen LogP contribution is 2.31. The third kappa shape index (κ3) is 3.87. The number of nitrogens with two attached hydrogens (primary N) is 1. The number of primary amides is 1. The number of hydrogen-bond donors (Lipinski definition) is 1. The van der Waals surface area contributed by atoms with Crippen molar-refractivity contribution >= 4 is 11.8 Å². The summed E-state index contributed by atoms with van der Waals surface area (Å²) in [7, 11) is 0. The lowest BCUT2D eigenvalue weighted by Gasteiger charge is -2.34. The molecule has 0 bridgehead atoms. The van der Waals surface area contributed by atoms with Crippen LogP contribution in [0, 0.1) is 25.7 Å². The molecule has 5 nitrogen and oxygen atoms in total. The molecule has 2 heterocycles. The molecule has 25 heavy (non-hydrogen) atoms. The van der Waals surface area contributed by atoms with Crippen molar-refractivity contribution < 1.29 is 14.3 Å². The maximum atomic E-state index is 12.8. The van der Waals surface area contributed by atoms with E-state index in [1.165, 1.54) is 0 Å². The molecular weight excluding hydrogens is 316 g/mol.